The zero-order valence-electron chi connectivity index (χ0n) is 7.24. The van der Waals surface area contributed by atoms with Crippen molar-refractivity contribution in [3.63, 3.8) is 0 Å². The average molecular weight is 168 g/mol. The number of ether oxygens (including phenoxy) is 1. The monoisotopic (exact) mass is 168 g/mol. The summed E-state index contributed by atoms with van der Waals surface area (Å²) in [6, 6.07) is 3.52. The summed E-state index contributed by atoms with van der Waals surface area (Å²) >= 11 is 0. The van der Waals surface area contributed by atoms with Gasteiger partial charge in [-0.3, -0.25) is 4.79 Å². The standard InChI is InChI=1S/C9H12O3/c1-3-11-9(10)7(2)8-5-4-6-12-8/h4-7H,3H2,1-2H3/t7-/m1/s1. The Morgan fingerprint density at radius 3 is 3.00 bits per heavy atom. The van der Waals surface area contributed by atoms with Crippen LogP contribution in [0.5, 0.6) is 0 Å². The van der Waals surface area contributed by atoms with Gasteiger partial charge in [0.2, 0.25) is 0 Å². The van der Waals surface area contributed by atoms with Gasteiger partial charge in [0.1, 0.15) is 11.7 Å². The van der Waals surface area contributed by atoms with Gasteiger partial charge in [-0.1, -0.05) is 0 Å². The van der Waals surface area contributed by atoms with Crippen molar-refractivity contribution in [2.75, 3.05) is 6.61 Å². The van der Waals surface area contributed by atoms with E-state index < -0.39 is 0 Å². The lowest BCUT2D eigenvalue weighted by Gasteiger charge is -2.06. The smallest absolute Gasteiger partial charge is 0.316 e. The van der Waals surface area contributed by atoms with Crippen LogP contribution in [-0.2, 0) is 9.53 Å². The molecule has 3 nitrogen and oxygen atoms in total. The third-order valence-electron chi connectivity index (χ3n) is 1.61. The maximum absolute atomic E-state index is 11.2. The molecule has 0 bridgehead atoms. The van der Waals surface area contributed by atoms with E-state index in [-0.39, 0.29) is 11.9 Å². The normalized spacial score (nSPS) is 12.5. The zero-order valence-corrected chi connectivity index (χ0v) is 7.24. The molecule has 1 aromatic rings. The summed E-state index contributed by atoms with van der Waals surface area (Å²) in [7, 11) is 0. The maximum Gasteiger partial charge on any atom is 0.316 e. The molecule has 0 aliphatic carbocycles. The molecule has 1 aromatic heterocycles. The van der Waals surface area contributed by atoms with E-state index in [1.54, 1.807) is 32.2 Å². The molecule has 1 heterocycles. The van der Waals surface area contributed by atoms with E-state index >= 15 is 0 Å². The SMILES string of the molecule is CCOC(=O)[C@H](C)c1ccco1. The predicted molar refractivity (Wildman–Crippen MR) is 43.8 cm³/mol. The Hall–Kier alpha value is -1.25. The molecule has 0 radical (unpaired) electrons. The molecule has 12 heavy (non-hydrogen) atoms. The van der Waals surface area contributed by atoms with E-state index in [0.717, 1.165) is 0 Å². The summed E-state index contributed by atoms with van der Waals surface area (Å²) < 4.78 is 9.89. The fourth-order valence-corrected chi connectivity index (χ4v) is 0.921. The van der Waals surface area contributed by atoms with Crippen molar-refractivity contribution in [2.24, 2.45) is 0 Å². The maximum atomic E-state index is 11.2. The highest BCUT2D eigenvalue weighted by Gasteiger charge is 2.18. The molecule has 0 N–H and O–H groups in total. The van der Waals surface area contributed by atoms with Crippen LogP contribution in [0.3, 0.4) is 0 Å². The molecule has 0 amide bonds. The predicted octanol–water partition coefficient (Wildman–Crippen LogP) is 1.95. The van der Waals surface area contributed by atoms with E-state index in [1.807, 2.05) is 0 Å². The second kappa shape index (κ2) is 3.95. The Kier molecular flexibility index (Phi) is 2.91. The van der Waals surface area contributed by atoms with Crippen LogP contribution >= 0.6 is 0 Å². The fraction of sp³-hybridized carbons (Fsp3) is 0.444. The second-order valence-corrected chi connectivity index (χ2v) is 2.49. The lowest BCUT2D eigenvalue weighted by molar-refractivity contribution is -0.144. The molecule has 66 valence electrons. The molecular weight excluding hydrogens is 156 g/mol. The van der Waals surface area contributed by atoms with Crippen LogP contribution in [0.25, 0.3) is 0 Å². The van der Waals surface area contributed by atoms with Crippen molar-refractivity contribution < 1.29 is 13.9 Å². The van der Waals surface area contributed by atoms with Crippen LogP contribution in [0.2, 0.25) is 0 Å². The molecule has 1 atom stereocenters. The van der Waals surface area contributed by atoms with Gasteiger partial charge < -0.3 is 9.15 Å². The van der Waals surface area contributed by atoms with Crippen molar-refractivity contribution in [1.82, 2.24) is 0 Å². The first-order valence-electron chi connectivity index (χ1n) is 3.95. The number of furan rings is 1. The van der Waals surface area contributed by atoms with Crippen LogP contribution < -0.4 is 0 Å². The number of hydrogen-bond donors (Lipinski definition) is 0. The highest BCUT2D eigenvalue weighted by Crippen LogP contribution is 2.16. The molecule has 0 aliphatic rings. The summed E-state index contributed by atoms with van der Waals surface area (Å²) in [5.41, 5.74) is 0. The first kappa shape index (κ1) is 8.84. The van der Waals surface area contributed by atoms with Crippen LogP contribution in [0, 0.1) is 0 Å². The van der Waals surface area contributed by atoms with Crippen LogP contribution in [0.4, 0.5) is 0 Å². The minimum absolute atomic E-state index is 0.243. The summed E-state index contributed by atoms with van der Waals surface area (Å²) in [5.74, 6) is 0.0980. The lowest BCUT2D eigenvalue weighted by atomic mass is 10.1. The Morgan fingerprint density at radius 2 is 2.50 bits per heavy atom. The Balaban J connectivity index is 2.59. The highest BCUT2D eigenvalue weighted by molar-refractivity contribution is 5.76. The molecule has 0 saturated carbocycles. The van der Waals surface area contributed by atoms with Gasteiger partial charge in [0.05, 0.1) is 12.9 Å². The van der Waals surface area contributed by atoms with Gasteiger partial charge in [-0.2, -0.15) is 0 Å². The number of hydrogen-bond acceptors (Lipinski definition) is 3. The number of esters is 1. The molecule has 0 fully saturated rings. The number of carbonyl (C=O) groups excluding carboxylic acids is 1. The average Bonchev–Trinajstić information content (AvgIpc) is 2.55. The molecular formula is C9H12O3. The number of carbonyl (C=O) groups is 1. The van der Waals surface area contributed by atoms with Crippen LogP contribution in [-0.4, -0.2) is 12.6 Å². The first-order valence-corrected chi connectivity index (χ1v) is 3.95. The molecule has 3 heteroatoms. The third-order valence-corrected chi connectivity index (χ3v) is 1.61. The third kappa shape index (κ3) is 1.87. The topological polar surface area (TPSA) is 39.4 Å². The van der Waals surface area contributed by atoms with Crippen LogP contribution in [0.15, 0.2) is 22.8 Å². The minimum atomic E-state index is -0.306. The fourth-order valence-electron chi connectivity index (χ4n) is 0.921. The summed E-state index contributed by atoms with van der Waals surface area (Å²) in [4.78, 5) is 11.2. The Bertz CT molecular complexity index is 238. The van der Waals surface area contributed by atoms with Crippen LogP contribution in [0.1, 0.15) is 25.5 Å². The van der Waals surface area contributed by atoms with Gasteiger partial charge in [-0.25, -0.2) is 0 Å². The Morgan fingerprint density at radius 1 is 1.75 bits per heavy atom. The summed E-state index contributed by atoms with van der Waals surface area (Å²) in [5, 5.41) is 0. The molecule has 0 aliphatic heterocycles. The van der Waals surface area contributed by atoms with E-state index in [2.05, 4.69) is 0 Å². The van der Waals surface area contributed by atoms with Gasteiger partial charge in [-0.15, -0.1) is 0 Å². The molecule has 0 saturated heterocycles. The number of rotatable bonds is 3. The van der Waals surface area contributed by atoms with E-state index in [9.17, 15) is 4.79 Å². The van der Waals surface area contributed by atoms with Gasteiger partial charge in [0.15, 0.2) is 0 Å². The lowest BCUT2D eigenvalue weighted by Crippen LogP contribution is -2.12. The Labute approximate surface area is 71.3 Å². The quantitative estimate of drug-likeness (QED) is 0.647. The largest absolute Gasteiger partial charge is 0.468 e. The van der Waals surface area contributed by atoms with Gasteiger partial charge in [-0.05, 0) is 26.0 Å². The van der Waals surface area contributed by atoms with Gasteiger partial charge in [0.25, 0.3) is 0 Å². The summed E-state index contributed by atoms with van der Waals surface area (Å²) in [6.07, 6.45) is 1.55. The zero-order chi connectivity index (χ0) is 8.97. The van der Waals surface area contributed by atoms with E-state index in [1.165, 1.54) is 0 Å². The molecule has 0 unspecified atom stereocenters. The molecule has 1 rings (SSSR count). The van der Waals surface area contributed by atoms with Crippen molar-refractivity contribution in [3.05, 3.63) is 24.2 Å². The first-order chi connectivity index (χ1) is 5.75. The van der Waals surface area contributed by atoms with Gasteiger partial charge >= 0.3 is 5.97 Å². The second-order valence-electron chi connectivity index (χ2n) is 2.49. The van der Waals surface area contributed by atoms with Crippen molar-refractivity contribution in [2.45, 2.75) is 19.8 Å². The van der Waals surface area contributed by atoms with Gasteiger partial charge in [0, 0.05) is 0 Å². The highest BCUT2D eigenvalue weighted by atomic mass is 16.5. The van der Waals surface area contributed by atoms with E-state index in [0.29, 0.717) is 12.4 Å². The van der Waals surface area contributed by atoms with Crippen molar-refractivity contribution in [1.29, 1.82) is 0 Å². The molecule has 0 spiro atoms. The van der Waals surface area contributed by atoms with Crippen molar-refractivity contribution in [3.8, 4) is 0 Å². The minimum Gasteiger partial charge on any atom is -0.468 e. The summed E-state index contributed by atoms with van der Waals surface area (Å²) in [6.45, 7) is 3.95. The van der Waals surface area contributed by atoms with Crippen molar-refractivity contribution >= 4 is 5.97 Å². The molecule has 0 aromatic carbocycles. The van der Waals surface area contributed by atoms with E-state index in [4.69, 9.17) is 9.15 Å².